The van der Waals surface area contributed by atoms with Crippen LogP contribution >= 0.6 is 0 Å². The summed E-state index contributed by atoms with van der Waals surface area (Å²) in [6, 6.07) is -0.602. The SMILES string of the molecule is O=C(O)[C@H]1C[C@@H](O)CN1S(=O)(=O)c1cncc(F)c1. The van der Waals surface area contributed by atoms with Crippen LogP contribution in [0.4, 0.5) is 4.39 Å². The molecule has 2 N–H and O–H groups in total. The molecule has 1 aromatic heterocycles. The first kappa shape index (κ1) is 13.8. The number of sulfonamides is 1. The summed E-state index contributed by atoms with van der Waals surface area (Å²) >= 11 is 0. The maximum absolute atomic E-state index is 13.0. The van der Waals surface area contributed by atoms with E-state index in [0.29, 0.717) is 4.31 Å². The van der Waals surface area contributed by atoms with Crippen LogP contribution in [0.15, 0.2) is 23.4 Å². The zero-order valence-corrected chi connectivity index (χ0v) is 10.4. The Morgan fingerprint density at radius 1 is 1.47 bits per heavy atom. The molecule has 0 spiro atoms. The van der Waals surface area contributed by atoms with Gasteiger partial charge in [0, 0.05) is 19.2 Å². The van der Waals surface area contributed by atoms with E-state index < -0.39 is 38.9 Å². The third-order valence-electron chi connectivity index (χ3n) is 2.81. The van der Waals surface area contributed by atoms with E-state index in [0.717, 1.165) is 18.5 Å². The lowest BCUT2D eigenvalue weighted by molar-refractivity contribution is -0.140. The summed E-state index contributed by atoms with van der Waals surface area (Å²) in [5.41, 5.74) is 0. The minimum atomic E-state index is -4.20. The number of aliphatic hydroxyl groups is 1. The first-order valence-corrected chi connectivity index (χ1v) is 6.79. The summed E-state index contributed by atoms with van der Waals surface area (Å²) in [7, 11) is -4.20. The van der Waals surface area contributed by atoms with Gasteiger partial charge in [0.1, 0.15) is 16.8 Å². The third kappa shape index (κ3) is 2.57. The smallest absolute Gasteiger partial charge is 0.322 e. The lowest BCUT2D eigenvalue weighted by Gasteiger charge is -2.20. The van der Waals surface area contributed by atoms with Crippen molar-refractivity contribution in [3.05, 3.63) is 24.3 Å². The van der Waals surface area contributed by atoms with Crippen LogP contribution in [0.25, 0.3) is 0 Å². The van der Waals surface area contributed by atoms with Gasteiger partial charge in [-0.25, -0.2) is 12.8 Å². The quantitative estimate of drug-likeness (QED) is 0.772. The Kier molecular flexibility index (Phi) is 3.52. The van der Waals surface area contributed by atoms with Crippen molar-refractivity contribution in [2.75, 3.05) is 6.54 Å². The number of carboxylic acids is 1. The molecule has 104 valence electrons. The van der Waals surface area contributed by atoms with Gasteiger partial charge in [0.2, 0.25) is 10.0 Å². The number of halogens is 1. The van der Waals surface area contributed by atoms with Crippen molar-refractivity contribution in [1.29, 1.82) is 0 Å². The molecule has 0 unspecified atom stereocenters. The number of β-amino-alcohol motifs (C(OH)–C–C–N with tert-alkyl or cyclic N) is 1. The average Bonchev–Trinajstić information content (AvgIpc) is 2.72. The van der Waals surface area contributed by atoms with E-state index in [9.17, 15) is 22.7 Å². The van der Waals surface area contributed by atoms with Crippen molar-refractivity contribution in [2.24, 2.45) is 0 Å². The van der Waals surface area contributed by atoms with E-state index in [-0.39, 0.29) is 13.0 Å². The van der Waals surface area contributed by atoms with Crippen LogP contribution in [0, 0.1) is 5.82 Å². The van der Waals surface area contributed by atoms with E-state index >= 15 is 0 Å². The number of carbonyl (C=O) groups is 1. The predicted molar refractivity (Wildman–Crippen MR) is 60.1 cm³/mol. The molecule has 0 radical (unpaired) electrons. The second-order valence-electron chi connectivity index (χ2n) is 4.16. The van der Waals surface area contributed by atoms with Crippen LogP contribution < -0.4 is 0 Å². The van der Waals surface area contributed by atoms with Gasteiger partial charge in [0.05, 0.1) is 12.3 Å². The molecule has 1 aliphatic heterocycles. The molecule has 2 rings (SSSR count). The van der Waals surface area contributed by atoms with Crippen LogP contribution in [-0.2, 0) is 14.8 Å². The molecule has 0 aromatic carbocycles. The zero-order valence-electron chi connectivity index (χ0n) is 9.60. The minimum absolute atomic E-state index is 0.197. The van der Waals surface area contributed by atoms with Crippen molar-refractivity contribution in [3.63, 3.8) is 0 Å². The molecule has 7 nitrogen and oxygen atoms in total. The second-order valence-corrected chi connectivity index (χ2v) is 6.05. The van der Waals surface area contributed by atoms with E-state index in [1.807, 2.05) is 0 Å². The van der Waals surface area contributed by atoms with Crippen LogP contribution in [0.1, 0.15) is 6.42 Å². The van der Waals surface area contributed by atoms with Gasteiger partial charge in [-0.1, -0.05) is 0 Å². The van der Waals surface area contributed by atoms with Crippen LogP contribution in [0.2, 0.25) is 0 Å². The number of aliphatic carboxylic acids is 1. The molecule has 2 atom stereocenters. The number of hydrogen-bond acceptors (Lipinski definition) is 5. The summed E-state index contributed by atoms with van der Waals surface area (Å²) in [6.07, 6.45) is 0.517. The normalized spacial score (nSPS) is 24.5. The van der Waals surface area contributed by atoms with Gasteiger partial charge in [-0.2, -0.15) is 4.31 Å². The number of carboxylic acid groups (broad SMARTS) is 1. The van der Waals surface area contributed by atoms with Crippen molar-refractivity contribution in [2.45, 2.75) is 23.5 Å². The number of pyridine rings is 1. The van der Waals surface area contributed by atoms with Crippen molar-refractivity contribution in [3.8, 4) is 0 Å². The van der Waals surface area contributed by atoms with Gasteiger partial charge >= 0.3 is 5.97 Å². The fraction of sp³-hybridized carbons (Fsp3) is 0.400. The summed E-state index contributed by atoms with van der Waals surface area (Å²) in [5, 5.41) is 18.4. The Bertz CT molecular complexity index is 606. The van der Waals surface area contributed by atoms with E-state index in [1.165, 1.54) is 0 Å². The molecule has 1 aromatic rings. The van der Waals surface area contributed by atoms with Gasteiger partial charge < -0.3 is 10.2 Å². The fourth-order valence-corrected chi connectivity index (χ4v) is 3.55. The molecule has 0 amide bonds. The lowest BCUT2D eigenvalue weighted by atomic mass is 10.2. The molecular weight excluding hydrogens is 279 g/mol. The van der Waals surface area contributed by atoms with Gasteiger partial charge in [-0.05, 0) is 6.07 Å². The standard InChI is InChI=1S/C10H11FN2O5S/c11-6-1-8(4-12-3-6)19(17,18)13-5-7(14)2-9(13)10(15)16/h1,3-4,7,9,14H,2,5H2,(H,15,16)/t7-,9-/m1/s1. The Morgan fingerprint density at radius 3 is 2.74 bits per heavy atom. The van der Waals surface area contributed by atoms with E-state index in [1.54, 1.807) is 0 Å². The Balaban J connectivity index is 2.41. The lowest BCUT2D eigenvalue weighted by Crippen LogP contribution is -2.40. The molecule has 9 heteroatoms. The molecule has 0 saturated carbocycles. The van der Waals surface area contributed by atoms with E-state index in [4.69, 9.17) is 5.11 Å². The van der Waals surface area contributed by atoms with Gasteiger partial charge in [-0.15, -0.1) is 0 Å². The molecule has 1 fully saturated rings. The highest BCUT2D eigenvalue weighted by Crippen LogP contribution is 2.26. The van der Waals surface area contributed by atoms with Gasteiger partial charge in [-0.3, -0.25) is 9.78 Å². The number of rotatable bonds is 3. The molecule has 0 aliphatic carbocycles. The molecule has 19 heavy (non-hydrogen) atoms. The Morgan fingerprint density at radius 2 is 2.16 bits per heavy atom. The third-order valence-corrected chi connectivity index (χ3v) is 4.65. The topological polar surface area (TPSA) is 108 Å². The Hall–Kier alpha value is -1.58. The number of aliphatic hydroxyl groups excluding tert-OH is 1. The van der Waals surface area contributed by atoms with Crippen molar-refractivity contribution in [1.82, 2.24) is 9.29 Å². The maximum Gasteiger partial charge on any atom is 0.322 e. The second kappa shape index (κ2) is 4.83. The van der Waals surface area contributed by atoms with Crippen molar-refractivity contribution < 1.29 is 27.8 Å². The Labute approximate surface area is 108 Å². The zero-order chi connectivity index (χ0) is 14.2. The minimum Gasteiger partial charge on any atom is -0.480 e. The van der Waals surface area contributed by atoms with Gasteiger partial charge in [0.25, 0.3) is 0 Å². The predicted octanol–water partition coefficient (Wildman–Crippen LogP) is -0.571. The highest BCUT2D eigenvalue weighted by atomic mass is 32.2. The largest absolute Gasteiger partial charge is 0.480 e. The summed E-state index contributed by atoms with van der Waals surface area (Å²) in [5.74, 6) is -2.20. The fourth-order valence-electron chi connectivity index (χ4n) is 1.94. The number of nitrogens with zero attached hydrogens (tertiary/aromatic N) is 2. The maximum atomic E-state index is 13.0. The molecule has 0 bridgehead atoms. The first-order valence-electron chi connectivity index (χ1n) is 5.35. The van der Waals surface area contributed by atoms with Crippen LogP contribution in [0.3, 0.4) is 0 Å². The van der Waals surface area contributed by atoms with Crippen LogP contribution in [0.5, 0.6) is 0 Å². The summed E-state index contributed by atoms with van der Waals surface area (Å²) in [6.45, 7) is -0.337. The van der Waals surface area contributed by atoms with E-state index in [2.05, 4.69) is 4.98 Å². The monoisotopic (exact) mass is 290 g/mol. The number of aromatic nitrogens is 1. The highest BCUT2D eigenvalue weighted by molar-refractivity contribution is 7.89. The van der Waals surface area contributed by atoms with Crippen LogP contribution in [-0.4, -0.2) is 52.6 Å². The highest BCUT2D eigenvalue weighted by Gasteiger charge is 2.43. The summed E-state index contributed by atoms with van der Waals surface area (Å²) < 4.78 is 38.0. The molecular formula is C10H11FN2O5S. The average molecular weight is 290 g/mol. The first-order chi connectivity index (χ1) is 8.82. The molecule has 2 heterocycles. The van der Waals surface area contributed by atoms with Gasteiger partial charge in [0.15, 0.2) is 0 Å². The molecule has 1 saturated heterocycles. The van der Waals surface area contributed by atoms with Crippen molar-refractivity contribution >= 4 is 16.0 Å². The summed E-state index contributed by atoms with van der Waals surface area (Å²) in [4.78, 5) is 14.0. The number of hydrogen-bond donors (Lipinski definition) is 2. The molecule has 1 aliphatic rings.